The van der Waals surface area contributed by atoms with Gasteiger partial charge in [-0.2, -0.15) is 5.10 Å². The van der Waals surface area contributed by atoms with Gasteiger partial charge in [0.1, 0.15) is 5.78 Å². The van der Waals surface area contributed by atoms with Gasteiger partial charge in [-0.25, -0.2) is 0 Å². The van der Waals surface area contributed by atoms with Crippen LogP contribution in [0.4, 0.5) is 0 Å². The molecule has 1 saturated carbocycles. The number of hydrogen-bond donors (Lipinski definition) is 1. The number of halogens is 1. The fraction of sp³-hybridized carbons (Fsp3) is 0.467. The first kappa shape index (κ1) is 12.9. The summed E-state index contributed by atoms with van der Waals surface area (Å²) in [5, 5.41) is 4.44. The molecule has 2 atom stereocenters. The van der Waals surface area contributed by atoms with Crippen LogP contribution in [0.2, 0.25) is 0 Å². The van der Waals surface area contributed by atoms with Crippen LogP contribution in [0.5, 0.6) is 0 Å². The molecule has 0 saturated heterocycles. The molecule has 0 spiro atoms. The van der Waals surface area contributed by atoms with Crippen molar-refractivity contribution in [3.8, 4) is 0 Å². The van der Waals surface area contributed by atoms with Crippen LogP contribution in [0.25, 0.3) is 0 Å². The number of carbonyl (C=O) groups excluding carboxylic acids is 1. The van der Waals surface area contributed by atoms with Crippen LogP contribution in [0, 0.1) is 11.3 Å². The summed E-state index contributed by atoms with van der Waals surface area (Å²) in [5.74, 6) is 0.215. The van der Waals surface area contributed by atoms with Gasteiger partial charge in [0.2, 0.25) is 0 Å². The van der Waals surface area contributed by atoms with E-state index < -0.39 is 0 Å². The van der Waals surface area contributed by atoms with Crippen LogP contribution in [0.1, 0.15) is 32.3 Å². The van der Waals surface area contributed by atoms with Gasteiger partial charge in [0, 0.05) is 16.5 Å². The fourth-order valence-electron chi connectivity index (χ4n) is 3.17. The third-order valence-corrected chi connectivity index (χ3v) is 4.66. The highest BCUT2D eigenvalue weighted by Gasteiger charge is 2.46. The summed E-state index contributed by atoms with van der Waals surface area (Å²) in [7, 11) is 0. The second kappa shape index (κ2) is 4.44. The number of fused-ring (bicyclic) bond motifs is 1. The maximum atomic E-state index is 12.5. The molecule has 0 bridgehead atoms. The quantitative estimate of drug-likeness (QED) is 0.863. The van der Waals surface area contributed by atoms with Gasteiger partial charge in [0.25, 0.3) is 0 Å². The zero-order valence-corrected chi connectivity index (χ0v) is 12.7. The van der Waals surface area contributed by atoms with Crippen LogP contribution in [-0.2, 0) is 4.79 Å². The molecule has 1 aliphatic carbocycles. The van der Waals surface area contributed by atoms with E-state index in [4.69, 9.17) is 0 Å². The maximum absolute atomic E-state index is 12.5. The summed E-state index contributed by atoms with van der Waals surface area (Å²) < 4.78 is 0.994. The summed E-state index contributed by atoms with van der Waals surface area (Å²) in [5.41, 5.74) is 5.15. The number of nitrogens with zero attached hydrogens (tertiary/aromatic N) is 1. The summed E-state index contributed by atoms with van der Waals surface area (Å²) in [4.78, 5) is 12.5. The number of rotatable bonds is 1. The molecule has 1 aromatic rings. The number of nitrogens with one attached hydrogen (secondary N) is 1. The van der Waals surface area contributed by atoms with E-state index in [-0.39, 0.29) is 17.4 Å². The molecule has 3 rings (SSSR count). The number of hydrogen-bond acceptors (Lipinski definition) is 3. The fourth-order valence-corrected chi connectivity index (χ4v) is 3.66. The maximum Gasteiger partial charge on any atom is 0.144 e. The van der Waals surface area contributed by atoms with Crippen molar-refractivity contribution in [2.45, 2.75) is 32.7 Å². The van der Waals surface area contributed by atoms with Crippen LogP contribution >= 0.6 is 15.9 Å². The SMILES string of the molecule is CC1(C)CC(=O)[C@H]2C(c3ccccc3Br)=NN[C@@H]2C1. The lowest BCUT2D eigenvalue weighted by Crippen LogP contribution is -2.45. The highest BCUT2D eigenvalue weighted by Crippen LogP contribution is 2.40. The molecule has 0 unspecified atom stereocenters. The Balaban J connectivity index is 1.95. The molecule has 100 valence electrons. The number of ketones is 1. The predicted molar refractivity (Wildman–Crippen MR) is 79.1 cm³/mol. The summed E-state index contributed by atoms with van der Waals surface area (Å²) in [6, 6.07) is 8.11. The normalized spacial score (nSPS) is 28.6. The first-order valence-corrected chi connectivity index (χ1v) is 7.38. The summed E-state index contributed by atoms with van der Waals surface area (Å²) in [6.07, 6.45) is 1.63. The minimum Gasteiger partial charge on any atom is -0.306 e. The van der Waals surface area contributed by atoms with Crippen molar-refractivity contribution in [3.05, 3.63) is 34.3 Å². The van der Waals surface area contributed by atoms with Gasteiger partial charge in [0.05, 0.1) is 17.7 Å². The lowest BCUT2D eigenvalue weighted by Gasteiger charge is -2.36. The molecular formula is C15H17BrN2O. The molecule has 2 aliphatic rings. The standard InChI is InChI=1S/C15H17BrN2O/c1-15(2)7-11-13(12(19)8-15)14(18-17-11)9-5-3-4-6-10(9)16/h3-6,11,13,17H,7-8H2,1-2H3/t11-,13+/m1/s1. The number of Topliss-reactive ketones (excluding diaryl/α,β-unsaturated/α-hetero) is 1. The van der Waals surface area contributed by atoms with E-state index in [2.05, 4.69) is 40.3 Å². The number of hydrazone groups is 1. The van der Waals surface area contributed by atoms with Gasteiger partial charge in [0.15, 0.2) is 0 Å². The highest BCUT2D eigenvalue weighted by molar-refractivity contribution is 9.10. The molecule has 0 aromatic heterocycles. The van der Waals surface area contributed by atoms with Crippen molar-refractivity contribution < 1.29 is 4.79 Å². The summed E-state index contributed by atoms with van der Waals surface area (Å²) in [6.45, 7) is 4.30. The topological polar surface area (TPSA) is 41.5 Å². The minimum atomic E-state index is -0.0910. The highest BCUT2D eigenvalue weighted by atomic mass is 79.9. The molecular weight excluding hydrogens is 304 g/mol. The third kappa shape index (κ3) is 2.22. The molecule has 1 fully saturated rings. The van der Waals surface area contributed by atoms with E-state index in [1.807, 2.05) is 24.3 Å². The van der Waals surface area contributed by atoms with Crippen molar-refractivity contribution in [1.29, 1.82) is 0 Å². The van der Waals surface area contributed by atoms with Crippen molar-refractivity contribution >= 4 is 27.4 Å². The van der Waals surface area contributed by atoms with Crippen LogP contribution in [0.15, 0.2) is 33.8 Å². The first-order valence-electron chi connectivity index (χ1n) is 6.59. The van der Waals surface area contributed by atoms with Crippen LogP contribution in [-0.4, -0.2) is 17.5 Å². The Bertz CT molecular complexity index is 565. The molecule has 1 heterocycles. The van der Waals surface area contributed by atoms with Crippen LogP contribution in [0.3, 0.4) is 0 Å². The molecule has 4 heteroatoms. The Morgan fingerprint density at radius 2 is 2.11 bits per heavy atom. The molecule has 0 radical (unpaired) electrons. The second-order valence-electron chi connectivity index (χ2n) is 6.20. The van der Waals surface area contributed by atoms with Crippen LogP contribution < -0.4 is 5.43 Å². The Morgan fingerprint density at radius 3 is 2.84 bits per heavy atom. The third-order valence-electron chi connectivity index (χ3n) is 3.97. The molecule has 3 nitrogen and oxygen atoms in total. The van der Waals surface area contributed by atoms with E-state index in [1.165, 1.54) is 0 Å². The van der Waals surface area contributed by atoms with Gasteiger partial charge < -0.3 is 5.43 Å². The second-order valence-corrected chi connectivity index (χ2v) is 7.06. The van der Waals surface area contributed by atoms with E-state index in [0.717, 1.165) is 22.2 Å². The van der Waals surface area contributed by atoms with Gasteiger partial charge in [-0.1, -0.05) is 48.0 Å². The molecule has 0 amide bonds. The Labute approximate surface area is 121 Å². The lowest BCUT2D eigenvalue weighted by atomic mass is 9.68. The van der Waals surface area contributed by atoms with E-state index in [1.54, 1.807) is 0 Å². The lowest BCUT2D eigenvalue weighted by molar-refractivity contribution is -0.126. The molecule has 1 aliphatic heterocycles. The van der Waals surface area contributed by atoms with E-state index in [9.17, 15) is 4.79 Å². The number of carbonyl (C=O) groups is 1. The Morgan fingerprint density at radius 1 is 1.37 bits per heavy atom. The zero-order valence-electron chi connectivity index (χ0n) is 11.1. The number of benzene rings is 1. The summed E-state index contributed by atoms with van der Waals surface area (Å²) >= 11 is 3.55. The molecule has 1 N–H and O–H groups in total. The Kier molecular flexibility index (Phi) is 3.01. The van der Waals surface area contributed by atoms with E-state index >= 15 is 0 Å². The monoisotopic (exact) mass is 320 g/mol. The molecule has 19 heavy (non-hydrogen) atoms. The minimum absolute atomic E-state index is 0.0736. The largest absolute Gasteiger partial charge is 0.306 e. The van der Waals surface area contributed by atoms with Crippen molar-refractivity contribution in [2.24, 2.45) is 16.4 Å². The first-order chi connectivity index (χ1) is 8.98. The smallest absolute Gasteiger partial charge is 0.144 e. The van der Waals surface area contributed by atoms with Gasteiger partial charge in [-0.15, -0.1) is 0 Å². The average Bonchev–Trinajstić information content (AvgIpc) is 2.71. The average molecular weight is 321 g/mol. The zero-order chi connectivity index (χ0) is 13.6. The van der Waals surface area contributed by atoms with Gasteiger partial charge in [-0.05, 0) is 17.9 Å². The van der Waals surface area contributed by atoms with Crippen molar-refractivity contribution in [2.75, 3.05) is 0 Å². The van der Waals surface area contributed by atoms with E-state index in [0.29, 0.717) is 12.2 Å². The Hall–Kier alpha value is -1.16. The van der Waals surface area contributed by atoms with Gasteiger partial charge in [-0.3, -0.25) is 4.79 Å². The predicted octanol–water partition coefficient (Wildman–Crippen LogP) is 3.13. The van der Waals surface area contributed by atoms with Crippen molar-refractivity contribution in [3.63, 3.8) is 0 Å². The van der Waals surface area contributed by atoms with Gasteiger partial charge >= 0.3 is 0 Å². The van der Waals surface area contributed by atoms with Crippen molar-refractivity contribution in [1.82, 2.24) is 5.43 Å². The molecule has 1 aromatic carbocycles.